The van der Waals surface area contributed by atoms with Crippen molar-refractivity contribution in [2.24, 2.45) is 0 Å². The van der Waals surface area contributed by atoms with E-state index < -0.39 is 0 Å². The minimum absolute atomic E-state index is 0.190. The Bertz CT molecular complexity index is 614. The summed E-state index contributed by atoms with van der Waals surface area (Å²) in [6, 6.07) is 0. The number of hydrogen-bond donors (Lipinski definition) is 0. The maximum Gasteiger partial charge on any atom is 0.0508 e. The lowest BCUT2D eigenvalue weighted by atomic mass is 10.0. The van der Waals surface area contributed by atoms with Gasteiger partial charge >= 0.3 is 0 Å². The van der Waals surface area contributed by atoms with Crippen LogP contribution in [-0.4, -0.2) is 18.9 Å². The molecule has 0 aromatic carbocycles. The van der Waals surface area contributed by atoms with Crippen molar-refractivity contribution < 1.29 is 4.52 Å². The SMILES string of the molecule is CCCCCCCCCCCCCCCCCCOP(CCCCCCCCCCCCCCCCCC)CCCCCCCCCCCCCCCCCC. The molecule has 0 radical (unpaired) electrons. The second-order valence-corrected chi connectivity index (χ2v) is 20.8. The average molecular weight is 807 g/mol. The summed E-state index contributed by atoms with van der Waals surface area (Å²) in [6.07, 6.45) is 72.6. The lowest BCUT2D eigenvalue weighted by Crippen LogP contribution is -1.99. The second-order valence-electron chi connectivity index (χ2n) is 18.7. The van der Waals surface area contributed by atoms with E-state index >= 15 is 0 Å². The molecule has 0 aliphatic carbocycles. The Balaban J connectivity index is 3.95. The largest absolute Gasteiger partial charge is 0.359 e. The summed E-state index contributed by atoms with van der Waals surface area (Å²) in [5.41, 5.74) is 0. The van der Waals surface area contributed by atoms with E-state index in [1.165, 1.54) is 321 Å². The molecule has 0 amide bonds. The van der Waals surface area contributed by atoms with Gasteiger partial charge in [-0.05, 0) is 31.6 Å². The summed E-state index contributed by atoms with van der Waals surface area (Å²) < 4.78 is 6.67. The van der Waals surface area contributed by atoms with E-state index in [1.54, 1.807) is 0 Å². The lowest BCUT2D eigenvalue weighted by Gasteiger charge is -2.18. The minimum Gasteiger partial charge on any atom is -0.359 e. The molecule has 338 valence electrons. The van der Waals surface area contributed by atoms with Crippen LogP contribution in [0.5, 0.6) is 0 Å². The van der Waals surface area contributed by atoms with Gasteiger partial charge in [-0.3, -0.25) is 0 Å². The van der Waals surface area contributed by atoms with Crippen LogP contribution >= 0.6 is 8.15 Å². The highest BCUT2D eigenvalue weighted by molar-refractivity contribution is 7.52. The van der Waals surface area contributed by atoms with Crippen molar-refractivity contribution in [2.75, 3.05) is 18.9 Å². The maximum absolute atomic E-state index is 6.67. The summed E-state index contributed by atoms with van der Waals surface area (Å²) in [5.74, 6) is 0. The molecule has 0 rings (SSSR count). The minimum atomic E-state index is -0.190. The van der Waals surface area contributed by atoms with Crippen molar-refractivity contribution in [1.29, 1.82) is 0 Å². The number of hydrogen-bond acceptors (Lipinski definition) is 1. The molecule has 0 aliphatic heterocycles. The quantitative estimate of drug-likeness (QED) is 0.0439. The van der Waals surface area contributed by atoms with Crippen LogP contribution in [0.15, 0.2) is 0 Å². The number of unbranched alkanes of at least 4 members (excludes halogenated alkanes) is 45. The molecule has 0 aliphatic rings. The smallest absolute Gasteiger partial charge is 0.0508 e. The molecule has 0 atom stereocenters. The standard InChI is InChI=1S/C54H111OP/c1-4-7-10-13-16-19-22-25-28-31-34-37-40-43-46-49-52-55-56(53-50-47-44-41-38-35-32-29-26-23-20-17-14-11-8-5-2)54-51-48-45-42-39-36-33-30-27-24-21-18-15-12-9-6-3/h4-54H2,1-3H3. The van der Waals surface area contributed by atoms with Gasteiger partial charge in [0.2, 0.25) is 0 Å². The summed E-state index contributed by atoms with van der Waals surface area (Å²) >= 11 is 0. The van der Waals surface area contributed by atoms with Crippen LogP contribution in [0.4, 0.5) is 0 Å². The Morgan fingerprint density at radius 2 is 0.357 bits per heavy atom. The maximum atomic E-state index is 6.67. The molecule has 0 saturated carbocycles. The van der Waals surface area contributed by atoms with Gasteiger partial charge in [0.05, 0.1) is 6.61 Å². The van der Waals surface area contributed by atoms with Crippen LogP contribution in [0.25, 0.3) is 0 Å². The molecule has 2 heteroatoms. The lowest BCUT2D eigenvalue weighted by molar-refractivity contribution is 0.333. The van der Waals surface area contributed by atoms with Crippen molar-refractivity contribution in [3.63, 3.8) is 0 Å². The Morgan fingerprint density at radius 1 is 0.196 bits per heavy atom. The van der Waals surface area contributed by atoms with Crippen molar-refractivity contribution in [3.8, 4) is 0 Å². The first-order valence-corrected chi connectivity index (χ1v) is 28.9. The molecule has 0 aromatic heterocycles. The van der Waals surface area contributed by atoms with Gasteiger partial charge in [0.15, 0.2) is 0 Å². The number of rotatable bonds is 52. The summed E-state index contributed by atoms with van der Waals surface area (Å²) in [4.78, 5) is 0. The third-order valence-corrected chi connectivity index (χ3v) is 15.0. The first-order valence-electron chi connectivity index (χ1n) is 27.2. The Labute approximate surface area is 359 Å². The third kappa shape index (κ3) is 50.5. The van der Waals surface area contributed by atoms with Gasteiger partial charge in [-0.1, -0.05) is 310 Å². The summed E-state index contributed by atoms with van der Waals surface area (Å²) in [5, 5.41) is 0. The molecule has 0 heterocycles. The molecular weight excluding hydrogens is 696 g/mol. The highest BCUT2D eigenvalue weighted by Gasteiger charge is 2.09. The molecule has 0 spiro atoms. The van der Waals surface area contributed by atoms with Gasteiger partial charge in [0.25, 0.3) is 0 Å². The van der Waals surface area contributed by atoms with Crippen LogP contribution in [-0.2, 0) is 4.52 Å². The molecule has 0 saturated heterocycles. The zero-order valence-corrected chi connectivity index (χ0v) is 40.8. The normalized spacial score (nSPS) is 11.8. The predicted octanol–water partition coefficient (Wildman–Crippen LogP) is 21.2. The Hall–Kier alpha value is 0.390. The van der Waals surface area contributed by atoms with Crippen molar-refractivity contribution in [2.45, 2.75) is 329 Å². The van der Waals surface area contributed by atoms with Gasteiger partial charge in [0.1, 0.15) is 0 Å². The molecular formula is C54H111OP. The monoisotopic (exact) mass is 807 g/mol. The fourth-order valence-corrected chi connectivity index (χ4v) is 10.8. The summed E-state index contributed by atoms with van der Waals surface area (Å²) in [6.45, 7) is 7.99. The highest BCUT2D eigenvalue weighted by atomic mass is 31.1. The van der Waals surface area contributed by atoms with E-state index in [4.69, 9.17) is 4.52 Å². The fourth-order valence-electron chi connectivity index (χ4n) is 8.76. The van der Waals surface area contributed by atoms with E-state index in [0.29, 0.717) is 0 Å². The predicted molar refractivity (Wildman–Crippen MR) is 261 cm³/mol. The van der Waals surface area contributed by atoms with Crippen LogP contribution in [0.1, 0.15) is 329 Å². The van der Waals surface area contributed by atoms with Gasteiger partial charge < -0.3 is 4.52 Å². The van der Waals surface area contributed by atoms with E-state index in [0.717, 1.165) is 6.61 Å². The van der Waals surface area contributed by atoms with Crippen LogP contribution < -0.4 is 0 Å². The van der Waals surface area contributed by atoms with Crippen LogP contribution in [0, 0.1) is 0 Å². The third-order valence-electron chi connectivity index (χ3n) is 12.8. The Kier molecular flexibility index (Phi) is 53.8. The zero-order chi connectivity index (χ0) is 40.3. The molecule has 56 heavy (non-hydrogen) atoms. The average Bonchev–Trinajstić information content (AvgIpc) is 3.21. The highest BCUT2D eigenvalue weighted by Crippen LogP contribution is 2.40. The van der Waals surface area contributed by atoms with Gasteiger partial charge in [-0.15, -0.1) is 0 Å². The van der Waals surface area contributed by atoms with E-state index in [-0.39, 0.29) is 8.15 Å². The Morgan fingerprint density at radius 3 is 0.554 bits per heavy atom. The van der Waals surface area contributed by atoms with Gasteiger partial charge in [-0.2, -0.15) is 0 Å². The van der Waals surface area contributed by atoms with E-state index in [2.05, 4.69) is 20.8 Å². The fraction of sp³-hybridized carbons (Fsp3) is 1.00. The van der Waals surface area contributed by atoms with Crippen molar-refractivity contribution in [1.82, 2.24) is 0 Å². The molecule has 0 fully saturated rings. The molecule has 0 unspecified atom stereocenters. The van der Waals surface area contributed by atoms with Crippen molar-refractivity contribution >= 4 is 8.15 Å². The first kappa shape index (κ1) is 56.4. The topological polar surface area (TPSA) is 9.23 Å². The van der Waals surface area contributed by atoms with Gasteiger partial charge in [-0.25, -0.2) is 0 Å². The van der Waals surface area contributed by atoms with E-state index in [1.807, 2.05) is 0 Å². The zero-order valence-electron chi connectivity index (χ0n) is 39.9. The van der Waals surface area contributed by atoms with Crippen molar-refractivity contribution in [3.05, 3.63) is 0 Å². The second kappa shape index (κ2) is 53.4. The first-order chi connectivity index (χ1) is 27.8. The summed E-state index contributed by atoms with van der Waals surface area (Å²) in [7, 11) is -0.190. The molecule has 0 aromatic rings. The van der Waals surface area contributed by atoms with Crippen LogP contribution in [0.2, 0.25) is 0 Å². The van der Waals surface area contributed by atoms with Gasteiger partial charge in [0, 0.05) is 8.15 Å². The molecule has 1 nitrogen and oxygen atoms in total. The van der Waals surface area contributed by atoms with E-state index in [9.17, 15) is 0 Å². The van der Waals surface area contributed by atoms with Crippen LogP contribution in [0.3, 0.4) is 0 Å². The molecule has 0 N–H and O–H groups in total. The molecule has 0 bridgehead atoms.